The summed E-state index contributed by atoms with van der Waals surface area (Å²) in [6.07, 6.45) is 7.10. The third-order valence-electron chi connectivity index (χ3n) is 6.79. The Kier molecular flexibility index (Phi) is 3.35. The predicted molar refractivity (Wildman–Crippen MR) is 118 cm³/mol. The molecule has 0 aliphatic heterocycles. The fourth-order valence-corrected chi connectivity index (χ4v) is 5.64. The van der Waals surface area contributed by atoms with E-state index in [1.165, 1.54) is 56.5 Å². The van der Waals surface area contributed by atoms with E-state index in [2.05, 4.69) is 87.0 Å². The van der Waals surface area contributed by atoms with Gasteiger partial charge in [0.15, 0.2) is 0 Å². The van der Waals surface area contributed by atoms with Crippen molar-refractivity contribution in [1.29, 1.82) is 0 Å². The van der Waals surface area contributed by atoms with Gasteiger partial charge < -0.3 is 0 Å². The van der Waals surface area contributed by atoms with Gasteiger partial charge in [-0.15, -0.1) is 0 Å². The summed E-state index contributed by atoms with van der Waals surface area (Å²) in [4.78, 5) is 0. The maximum absolute atomic E-state index is 2.50. The van der Waals surface area contributed by atoms with Gasteiger partial charge in [0, 0.05) is 12.3 Å². The van der Waals surface area contributed by atoms with Crippen LogP contribution in [0, 0.1) is 6.42 Å². The third-order valence-corrected chi connectivity index (χ3v) is 6.79. The van der Waals surface area contributed by atoms with Gasteiger partial charge in [-0.05, 0) is 76.8 Å². The molecule has 3 aliphatic carbocycles. The first-order valence-corrected chi connectivity index (χ1v) is 10.3. The van der Waals surface area contributed by atoms with Crippen molar-refractivity contribution in [1.82, 2.24) is 0 Å². The Morgan fingerprint density at radius 2 is 1.54 bits per heavy atom. The molecule has 3 aliphatic rings. The Balaban J connectivity index is 1.66. The highest BCUT2D eigenvalue weighted by Gasteiger charge is 2.34. The van der Waals surface area contributed by atoms with Crippen LogP contribution in [0.5, 0.6) is 0 Å². The molecule has 0 N–H and O–H groups in total. The topological polar surface area (TPSA) is 0 Å². The molecule has 0 heteroatoms. The SMILES string of the molecule is CC1=Cc2ccccc2C1c1cc2c3c(-c4ccccc4)c1CCC3=C(C)[CH]2. The van der Waals surface area contributed by atoms with E-state index in [1.807, 2.05) is 0 Å². The Hall–Kier alpha value is -2.86. The van der Waals surface area contributed by atoms with Crippen LogP contribution in [0.15, 0.2) is 71.8 Å². The van der Waals surface area contributed by atoms with E-state index in [-0.39, 0.29) is 0 Å². The summed E-state index contributed by atoms with van der Waals surface area (Å²) in [5.74, 6) is 0.384. The molecule has 135 valence electrons. The lowest BCUT2D eigenvalue weighted by Gasteiger charge is -2.29. The molecule has 0 amide bonds. The zero-order valence-corrected chi connectivity index (χ0v) is 16.4. The van der Waals surface area contributed by atoms with Gasteiger partial charge in [-0.3, -0.25) is 0 Å². The fraction of sp³-hybridized carbons (Fsp3) is 0.179. The minimum Gasteiger partial charge on any atom is -0.0622 e. The average molecular weight is 359 g/mol. The molecule has 1 unspecified atom stereocenters. The van der Waals surface area contributed by atoms with Gasteiger partial charge >= 0.3 is 0 Å². The number of rotatable bonds is 2. The molecular formula is C28H23. The van der Waals surface area contributed by atoms with Gasteiger partial charge in [-0.1, -0.05) is 77.9 Å². The quantitative estimate of drug-likeness (QED) is 0.454. The number of benzene rings is 3. The normalized spacial score (nSPS) is 19.1. The zero-order chi connectivity index (χ0) is 18.8. The second kappa shape index (κ2) is 5.82. The van der Waals surface area contributed by atoms with Crippen molar-refractivity contribution in [2.75, 3.05) is 0 Å². The summed E-state index contributed by atoms with van der Waals surface area (Å²) >= 11 is 0. The molecule has 0 nitrogen and oxygen atoms in total. The molecule has 0 spiro atoms. The van der Waals surface area contributed by atoms with Crippen molar-refractivity contribution in [2.45, 2.75) is 32.6 Å². The molecule has 6 rings (SSSR count). The van der Waals surface area contributed by atoms with Crippen LogP contribution in [0.3, 0.4) is 0 Å². The molecule has 0 aromatic heterocycles. The molecule has 3 aromatic carbocycles. The molecule has 3 aromatic rings. The summed E-state index contributed by atoms with van der Waals surface area (Å²) in [5.41, 5.74) is 16.2. The maximum atomic E-state index is 2.50. The van der Waals surface area contributed by atoms with Crippen LogP contribution in [0.4, 0.5) is 0 Å². The largest absolute Gasteiger partial charge is 0.0622 e. The van der Waals surface area contributed by atoms with Crippen molar-refractivity contribution in [3.8, 4) is 11.1 Å². The molecule has 1 atom stereocenters. The standard InChI is InChI=1S/C28H23/c1-17-14-21-16-25(26-18(2)15-20-10-6-7-11-23(20)26)24-13-12-22(17)28(21)27(24)19-8-4-3-5-9-19/h3-11,14-16,26H,12-13H2,1-2H3. The van der Waals surface area contributed by atoms with Gasteiger partial charge in [0.1, 0.15) is 0 Å². The first kappa shape index (κ1) is 16.1. The molecule has 0 saturated heterocycles. The summed E-state index contributed by atoms with van der Waals surface area (Å²) in [5, 5.41) is 0. The lowest BCUT2D eigenvalue weighted by Crippen LogP contribution is -2.12. The van der Waals surface area contributed by atoms with Crippen LogP contribution in [0.25, 0.3) is 22.8 Å². The van der Waals surface area contributed by atoms with Gasteiger partial charge in [-0.25, -0.2) is 0 Å². The average Bonchev–Trinajstić information content (AvgIpc) is 3.24. The molecule has 0 saturated carbocycles. The van der Waals surface area contributed by atoms with E-state index in [0.717, 1.165) is 6.42 Å². The minimum absolute atomic E-state index is 0.384. The maximum Gasteiger partial charge on any atom is 0.0308 e. The van der Waals surface area contributed by atoms with Crippen molar-refractivity contribution >= 4 is 11.6 Å². The van der Waals surface area contributed by atoms with Crippen molar-refractivity contribution < 1.29 is 0 Å². The van der Waals surface area contributed by atoms with Crippen LogP contribution in [-0.4, -0.2) is 0 Å². The van der Waals surface area contributed by atoms with Crippen molar-refractivity contribution in [2.24, 2.45) is 0 Å². The molecule has 0 heterocycles. The van der Waals surface area contributed by atoms with Gasteiger partial charge in [0.25, 0.3) is 0 Å². The highest BCUT2D eigenvalue weighted by Crippen LogP contribution is 2.52. The monoisotopic (exact) mass is 359 g/mol. The molecule has 28 heavy (non-hydrogen) atoms. The molecule has 0 fully saturated rings. The third kappa shape index (κ3) is 2.12. The van der Waals surface area contributed by atoms with Gasteiger partial charge in [0.2, 0.25) is 0 Å². The fourth-order valence-electron chi connectivity index (χ4n) is 5.64. The highest BCUT2D eigenvalue weighted by molar-refractivity contribution is 5.94. The predicted octanol–water partition coefficient (Wildman–Crippen LogP) is 7.19. The Morgan fingerprint density at radius 1 is 0.750 bits per heavy atom. The van der Waals surface area contributed by atoms with Gasteiger partial charge in [-0.2, -0.15) is 0 Å². The molecule has 1 radical (unpaired) electrons. The number of hydrogen-bond donors (Lipinski definition) is 0. The number of fused-ring (bicyclic) bond motifs is 2. The summed E-state index contributed by atoms with van der Waals surface area (Å²) < 4.78 is 0. The second-order valence-electron chi connectivity index (χ2n) is 8.41. The van der Waals surface area contributed by atoms with E-state index in [0.29, 0.717) is 5.92 Å². The van der Waals surface area contributed by atoms with E-state index in [4.69, 9.17) is 0 Å². The number of allylic oxidation sites excluding steroid dienone is 3. The number of hydrogen-bond acceptors (Lipinski definition) is 0. The Morgan fingerprint density at radius 3 is 2.39 bits per heavy atom. The lowest BCUT2D eigenvalue weighted by molar-refractivity contribution is 0.902. The minimum atomic E-state index is 0.384. The van der Waals surface area contributed by atoms with Crippen molar-refractivity contribution in [3.63, 3.8) is 0 Å². The van der Waals surface area contributed by atoms with Crippen LogP contribution < -0.4 is 0 Å². The smallest absolute Gasteiger partial charge is 0.0308 e. The zero-order valence-electron chi connectivity index (χ0n) is 16.4. The second-order valence-corrected chi connectivity index (χ2v) is 8.41. The van der Waals surface area contributed by atoms with E-state index in [9.17, 15) is 0 Å². The van der Waals surface area contributed by atoms with E-state index >= 15 is 0 Å². The van der Waals surface area contributed by atoms with E-state index < -0.39 is 0 Å². The van der Waals surface area contributed by atoms with Crippen molar-refractivity contribution in [3.05, 3.63) is 112 Å². The van der Waals surface area contributed by atoms with Crippen LogP contribution in [-0.2, 0) is 6.42 Å². The van der Waals surface area contributed by atoms with Crippen LogP contribution >= 0.6 is 0 Å². The summed E-state index contributed by atoms with van der Waals surface area (Å²) in [6.45, 7) is 4.58. The first-order chi connectivity index (χ1) is 13.7. The lowest BCUT2D eigenvalue weighted by atomic mass is 9.74. The van der Waals surface area contributed by atoms with Crippen LogP contribution in [0.2, 0.25) is 0 Å². The highest BCUT2D eigenvalue weighted by atomic mass is 14.4. The summed E-state index contributed by atoms with van der Waals surface area (Å²) in [6, 6.07) is 22.4. The van der Waals surface area contributed by atoms with Gasteiger partial charge in [0.05, 0.1) is 0 Å². The van der Waals surface area contributed by atoms with E-state index in [1.54, 1.807) is 11.1 Å². The Labute approximate surface area is 167 Å². The summed E-state index contributed by atoms with van der Waals surface area (Å²) in [7, 11) is 0. The first-order valence-electron chi connectivity index (χ1n) is 10.3. The Bertz CT molecular complexity index is 1190. The molecular weight excluding hydrogens is 336 g/mol. The molecule has 2 bridgehead atoms. The van der Waals surface area contributed by atoms with Crippen LogP contribution in [0.1, 0.15) is 59.6 Å².